The van der Waals surface area contributed by atoms with Crippen LogP contribution in [-0.4, -0.2) is 56.4 Å². The summed E-state index contributed by atoms with van der Waals surface area (Å²) in [6.45, 7) is 4.51. The van der Waals surface area contributed by atoms with E-state index in [2.05, 4.69) is 34.5 Å². The Bertz CT molecular complexity index is 399. The molecule has 1 atom stereocenters. The molecule has 2 rings (SSSR count). The van der Waals surface area contributed by atoms with Gasteiger partial charge in [0.25, 0.3) is 0 Å². The zero-order chi connectivity index (χ0) is 15.1. The van der Waals surface area contributed by atoms with Gasteiger partial charge in [0.2, 0.25) is 0 Å². The van der Waals surface area contributed by atoms with E-state index in [0.717, 1.165) is 6.54 Å². The van der Waals surface area contributed by atoms with Crippen LogP contribution < -0.4 is 10.2 Å². The predicted molar refractivity (Wildman–Crippen MR) is 88.8 cm³/mol. The number of aliphatic hydroxyl groups excluding tert-OH is 1. The first-order chi connectivity index (χ1) is 10.1. The monoisotopic (exact) mass is 291 g/mol. The standard InChI is InChI=1S/C17H29N3O/c1-19(2)14-17(21)13-18-12-15-6-8-16(9-7-15)20-10-4-3-5-11-20/h6-9,17-18,21H,3-5,10-14H2,1-2H3. The fourth-order valence-corrected chi connectivity index (χ4v) is 2.85. The summed E-state index contributed by atoms with van der Waals surface area (Å²) in [5.74, 6) is 0. The van der Waals surface area contributed by atoms with E-state index in [9.17, 15) is 5.11 Å². The molecule has 0 spiro atoms. The van der Waals surface area contributed by atoms with Crippen LogP contribution in [0.15, 0.2) is 24.3 Å². The van der Waals surface area contributed by atoms with Crippen LogP contribution in [0.2, 0.25) is 0 Å². The minimum absolute atomic E-state index is 0.312. The average Bonchev–Trinajstić information content (AvgIpc) is 2.48. The smallest absolute Gasteiger partial charge is 0.0791 e. The number of rotatable bonds is 7. The molecule has 0 radical (unpaired) electrons. The molecule has 1 aliphatic rings. The van der Waals surface area contributed by atoms with Crippen molar-refractivity contribution in [3.63, 3.8) is 0 Å². The first-order valence-electron chi connectivity index (χ1n) is 8.02. The summed E-state index contributed by atoms with van der Waals surface area (Å²) in [7, 11) is 3.95. The molecular formula is C17H29N3O. The molecular weight excluding hydrogens is 262 g/mol. The van der Waals surface area contributed by atoms with E-state index >= 15 is 0 Å². The van der Waals surface area contributed by atoms with Crippen LogP contribution in [-0.2, 0) is 6.54 Å². The van der Waals surface area contributed by atoms with E-state index in [0.29, 0.717) is 13.1 Å². The van der Waals surface area contributed by atoms with Crippen molar-refractivity contribution in [2.75, 3.05) is 45.2 Å². The minimum Gasteiger partial charge on any atom is -0.390 e. The molecule has 4 heteroatoms. The predicted octanol–water partition coefficient (Wildman–Crippen LogP) is 1.69. The van der Waals surface area contributed by atoms with Crippen molar-refractivity contribution in [2.24, 2.45) is 0 Å². The lowest BCUT2D eigenvalue weighted by Crippen LogP contribution is -2.34. The molecule has 118 valence electrons. The normalized spacial score (nSPS) is 17.2. The number of benzene rings is 1. The lowest BCUT2D eigenvalue weighted by molar-refractivity contribution is 0.134. The van der Waals surface area contributed by atoms with Crippen molar-refractivity contribution in [1.82, 2.24) is 10.2 Å². The Morgan fingerprint density at radius 2 is 1.81 bits per heavy atom. The van der Waals surface area contributed by atoms with Crippen LogP contribution in [0.4, 0.5) is 5.69 Å². The molecule has 0 amide bonds. The van der Waals surface area contributed by atoms with Gasteiger partial charge in [0.15, 0.2) is 0 Å². The molecule has 1 unspecified atom stereocenters. The minimum atomic E-state index is -0.312. The molecule has 0 bridgehead atoms. The number of anilines is 1. The summed E-state index contributed by atoms with van der Waals surface area (Å²) in [6.07, 6.45) is 3.68. The van der Waals surface area contributed by atoms with Gasteiger partial charge >= 0.3 is 0 Å². The van der Waals surface area contributed by atoms with E-state index in [1.807, 2.05) is 19.0 Å². The van der Waals surface area contributed by atoms with E-state index in [1.54, 1.807) is 0 Å². The van der Waals surface area contributed by atoms with E-state index in [1.165, 1.54) is 43.6 Å². The van der Waals surface area contributed by atoms with Crippen LogP contribution in [0, 0.1) is 0 Å². The quantitative estimate of drug-likeness (QED) is 0.802. The Hall–Kier alpha value is -1.10. The van der Waals surface area contributed by atoms with Gasteiger partial charge in [0.05, 0.1) is 6.10 Å². The maximum atomic E-state index is 9.80. The third kappa shape index (κ3) is 5.65. The second-order valence-corrected chi connectivity index (χ2v) is 6.26. The maximum Gasteiger partial charge on any atom is 0.0791 e. The Labute approximate surface area is 128 Å². The van der Waals surface area contributed by atoms with Crippen LogP contribution >= 0.6 is 0 Å². The van der Waals surface area contributed by atoms with Crippen molar-refractivity contribution in [1.29, 1.82) is 0 Å². The van der Waals surface area contributed by atoms with Gasteiger partial charge in [-0.05, 0) is 51.1 Å². The molecule has 0 aliphatic carbocycles. The molecule has 21 heavy (non-hydrogen) atoms. The molecule has 1 aliphatic heterocycles. The number of hydrogen-bond donors (Lipinski definition) is 2. The molecule has 1 fully saturated rings. The summed E-state index contributed by atoms with van der Waals surface area (Å²) in [5, 5.41) is 13.1. The average molecular weight is 291 g/mol. The van der Waals surface area contributed by atoms with Gasteiger partial charge in [-0.3, -0.25) is 0 Å². The third-order valence-electron chi connectivity index (χ3n) is 3.94. The summed E-state index contributed by atoms with van der Waals surface area (Å²) in [4.78, 5) is 4.47. The number of nitrogens with zero attached hydrogens (tertiary/aromatic N) is 2. The summed E-state index contributed by atoms with van der Waals surface area (Å²) in [5.41, 5.74) is 2.61. The molecule has 0 saturated carbocycles. The lowest BCUT2D eigenvalue weighted by atomic mass is 10.1. The van der Waals surface area contributed by atoms with Crippen LogP contribution in [0.3, 0.4) is 0 Å². The van der Waals surface area contributed by atoms with Crippen molar-refractivity contribution in [3.8, 4) is 0 Å². The molecule has 1 saturated heterocycles. The second kappa shape index (κ2) is 8.37. The highest BCUT2D eigenvalue weighted by Gasteiger charge is 2.10. The molecule has 1 aromatic rings. The Balaban J connectivity index is 1.74. The van der Waals surface area contributed by atoms with Crippen molar-refractivity contribution >= 4 is 5.69 Å². The topological polar surface area (TPSA) is 38.7 Å². The number of nitrogens with one attached hydrogen (secondary N) is 1. The third-order valence-corrected chi connectivity index (χ3v) is 3.94. The van der Waals surface area contributed by atoms with E-state index in [4.69, 9.17) is 0 Å². The highest BCUT2D eigenvalue weighted by atomic mass is 16.3. The first-order valence-corrected chi connectivity index (χ1v) is 8.02. The van der Waals surface area contributed by atoms with Gasteiger partial charge in [-0.2, -0.15) is 0 Å². The molecule has 0 aromatic heterocycles. The summed E-state index contributed by atoms with van der Waals surface area (Å²) >= 11 is 0. The van der Waals surface area contributed by atoms with Crippen molar-refractivity contribution < 1.29 is 5.11 Å². The van der Waals surface area contributed by atoms with Crippen LogP contribution in [0.25, 0.3) is 0 Å². The van der Waals surface area contributed by atoms with E-state index < -0.39 is 0 Å². The molecule has 1 aromatic carbocycles. The van der Waals surface area contributed by atoms with Crippen LogP contribution in [0.1, 0.15) is 24.8 Å². The fraction of sp³-hybridized carbons (Fsp3) is 0.647. The van der Waals surface area contributed by atoms with Gasteiger partial charge in [0.1, 0.15) is 0 Å². The highest BCUT2D eigenvalue weighted by Crippen LogP contribution is 2.20. The van der Waals surface area contributed by atoms with Crippen molar-refractivity contribution in [2.45, 2.75) is 31.9 Å². The Morgan fingerprint density at radius 3 is 2.43 bits per heavy atom. The molecule has 1 heterocycles. The fourth-order valence-electron chi connectivity index (χ4n) is 2.85. The van der Waals surface area contributed by atoms with Gasteiger partial charge in [-0.15, -0.1) is 0 Å². The zero-order valence-corrected chi connectivity index (χ0v) is 13.4. The number of aliphatic hydroxyl groups is 1. The summed E-state index contributed by atoms with van der Waals surface area (Å²) < 4.78 is 0. The Morgan fingerprint density at radius 1 is 1.14 bits per heavy atom. The number of likely N-dealkylation sites (N-methyl/N-ethyl adjacent to an activating group) is 1. The van der Waals surface area contributed by atoms with Crippen molar-refractivity contribution in [3.05, 3.63) is 29.8 Å². The first kappa shape index (κ1) is 16.3. The SMILES string of the molecule is CN(C)CC(O)CNCc1ccc(N2CCCCC2)cc1. The number of piperidine rings is 1. The van der Waals surface area contributed by atoms with E-state index in [-0.39, 0.29) is 6.10 Å². The van der Waals surface area contributed by atoms with Gasteiger partial charge in [-0.1, -0.05) is 12.1 Å². The maximum absolute atomic E-state index is 9.80. The Kier molecular flexibility index (Phi) is 6.49. The zero-order valence-electron chi connectivity index (χ0n) is 13.4. The molecule has 2 N–H and O–H groups in total. The highest BCUT2D eigenvalue weighted by molar-refractivity contribution is 5.47. The lowest BCUT2D eigenvalue weighted by Gasteiger charge is -2.28. The molecule has 4 nitrogen and oxygen atoms in total. The summed E-state index contributed by atoms with van der Waals surface area (Å²) in [6, 6.07) is 8.82. The van der Waals surface area contributed by atoms with Crippen LogP contribution in [0.5, 0.6) is 0 Å². The van der Waals surface area contributed by atoms with Gasteiger partial charge in [-0.25, -0.2) is 0 Å². The largest absolute Gasteiger partial charge is 0.390 e. The second-order valence-electron chi connectivity index (χ2n) is 6.26. The number of hydrogen-bond acceptors (Lipinski definition) is 4. The van der Waals surface area contributed by atoms with Gasteiger partial charge in [0, 0.05) is 38.4 Å². The van der Waals surface area contributed by atoms with Gasteiger partial charge < -0.3 is 20.2 Å².